The van der Waals surface area contributed by atoms with Crippen LogP contribution in [0.3, 0.4) is 0 Å². The Morgan fingerprint density at radius 3 is 3.00 bits per heavy atom. The van der Waals surface area contributed by atoms with Crippen LogP contribution in [0.5, 0.6) is 5.75 Å². The Bertz CT molecular complexity index is 1100. The quantitative estimate of drug-likeness (QED) is 0.684. The monoisotopic (exact) mass is 394 g/mol. The van der Waals surface area contributed by atoms with Crippen molar-refractivity contribution in [1.82, 2.24) is 14.5 Å². The van der Waals surface area contributed by atoms with Gasteiger partial charge >= 0.3 is 0 Å². The Hall–Kier alpha value is -2.97. The van der Waals surface area contributed by atoms with Gasteiger partial charge in [0, 0.05) is 55.3 Å². The van der Waals surface area contributed by atoms with Gasteiger partial charge in [-0.05, 0) is 6.07 Å². The van der Waals surface area contributed by atoms with Gasteiger partial charge in [0.15, 0.2) is 0 Å². The van der Waals surface area contributed by atoms with Gasteiger partial charge in [-0.1, -0.05) is 0 Å². The first kappa shape index (κ1) is 18.1. The van der Waals surface area contributed by atoms with Crippen LogP contribution in [-0.4, -0.2) is 47.9 Å². The molecule has 0 aromatic carbocycles. The fourth-order valence-electron chi connectivity index (χ4n) is 4.37. The summed E-state index contributed by atoms with van der Waals surface area (Å²) in [5, 5.41) is 3.57. The smallest absolute Gasteiger partial charge is 0.212 e. The zero-order chi connectivity index (χ0) is 20.0. The summed E-state index contributed by atoms with van der Waals surface area (Å²) in [6.45, 7) is 1.80. The molecule has 150 valence electrons. The fourth-order valence-corrected chi connectivity index (χ4v) is 4.37. The maximum atomic E-state index is 10.8. The van der Waals surface area contributed by atoms with Crippen LogP contribution in [0, 0.1) is 0 Å². The minimum absolute atomic E-state index is 0.494. The lowest BCUT2D eigenvalue weighted by molar-refractivity contribution is -0.105. The molecular weight excluding hydrogens is 372 g/mol. The summed E-state index contributed by atoms with van der Waals surface area (Å²) in [7, 11) is 3.65. The first-order valence-corrected chi connectivity index (χ1v) is 9.61. The van der Waals surface area contributed by atoms with E-state index in [1.165, 1.54) is 0 Å². The Labute approximate surface area is 167 Å². The van der Waals surface area contributed by atoms with E-state index in [2.05, 4.69) is 10.3 Å². The van der Waals surface area contributed by atoms with Crippen LogP contribution >= 0.6 is 0 Å². The summed E-state index contributed by atoms with van der Waals surface area (Å²) >= 11 is 0. The second-order valence-electron chi connectivity index (χ2n) is 7.43. The number of carbonyl (C=O) groups is 1. The van der Waals surface area contributed by atoms with Crippen molar-refractivity contribution >= 4 is 23.1 Å². The highest BCUT2D eigenvalue weighted by Crippen LogP contribution is 2.43. The van der Waals surface area contributed by atoms with E-state index in [4.69, 9.17) is 19.2 Å². The molecule has 8 nitrogen and oxygen atoms in total. The summed E-state index contributed by atoms with van der Waals surface area (Å²) in [4.78, 5) is 20.2. The highest BCUT2D eigenvalue weighted by molar-refractivity contribution is 5.97. The van der Waals surface area contributed by atoms with Crippen LogP contribution in [0.4, 0.5) is 5.82 Å². The van der Waals surface area contributed by atoms with E-state index < -0.39 is 5.60 Å². The number of aryl methyl sites for hydroxylation is 1. The summed E-state index contributed by atoms with van der Waals surface area (Å²) in [5.74, 6) is 1.31. The Morgan fingerprint density at radius 1 is 1.34 bits per heavy atom. The predicted molar refractivity (Wildman–Crippen MR) is 107 cm³/mol. The van der Waals surface area contributed by atoms with Gasteiger partial charge in [0.1, 0.15) is 17.2 Å². The largest absolute Gasteiger partial charge is 0.496 e. The molecule has 0 saturated carbocycles. The molecule has 1 fully saturated rings. The molecule has 3 aromatic heterocycles. The zero-order valence-electron chi connectivity index (χ0n) is 16.4. The number of rotatable bonds is 4. The molecule has 5 rings (SSSR count). The Morgan fingerprint density at radius 2 is 2.24 bits per heavy atom. The molecule has 2 aliphatic heterocycles. The number of anilines is 1. The van der Waals surface area contributed by atoms with Crippen LogP contribution in [0.2, 0.25) is 0 Å². The van der Waals surface area contributed by atoms with Gasteiger partial charge in [0.05, 0.1) is 43.4 Å². The molecular formula is C21H22N4O4. The van der Waals surface area contributed by atoms with E-state index in [-0.39, 0.29) is 0 Å². The molecule has 0 bridgehead atoms. The number of nitrogens with zero attached hydrogens (tertiary/aromatic N) is 3. The van der Waals surface area contributed by atoms with Crippen LogP contribution in [0.25, 0.3) is 22.2 Å². The summed E-state index contributed by atoms with van der Waals surface area (Å²) in [6, 6.07) is 3.84. The second-order valence-corrected chi connectivity index (χ2v) is 7.43. The molecule has 1 amide bonds. The maximum absolute atomic E-state index is 10.8. The lowest BCUT2D eigenvalue weighted by Crippen LogP contribution is -2.37. The van der Waals surface area contributed by atoms with E-state index in [1.54, 1.807) is 13.3 Å². The van der Waals surface area contributed by atoms with Crippen LogP contribution in [-0.2, 0) is 33.3 Å². The summed E-state index contributed by atoms with van der Waals surface area (Å²) in [5.41, 5.74) is 4.19. The van der Waals surface area contributed by atoms with Gasteiger partial charge in [-0.2, -0.15) is 0 Å². The molecule has 2 aliphatic rings. The minimum atomic E-state index is -0.507. The van der Waals surface area contributed by atoms with E-state index in [1.807, 2.05) is 29.9 Å². The van der Waals surface area contributed by atoms with Crippen molar-refractivity contribution in [1.29, 1.82) is 0 Å². The first-order valence-electron chi connectivity index (χ1n) is 9.61. The van der Waals surface area contributed by atoms with Gasteiger partial charge in [0.25, 0.3) is 0 Å². The molecule has 0 radical (unpaired) electrons. The molecule has 1 saturated heterocycles. The number of hydrogen-bond acceptors (Lipinski definition) is 6. The standard InChI is InChI=1S/C21H22N4O4/c1-25-10-15(14-7-19(23-12-26)22-9-17(14)25)16-8-18(27-2)13-3-5-29-21(20(13)24-16)4-6-28-11-21/h7-10,12H,3-6,11H2,1-2H3,(H,22,23,26). The first-order chi connectivity index (χ1) is 14.1. The third-order valence-electron chi connectivity index (χ3n) is 5.81. The topological polar surface area (TPSA) is 87.5 Å². The SMILES string of the molecule is COc1cc(-c2cn(C)c3cnc(NC=O)cc23)nc2c1CCOC21CCOC1. The number of hydrogen-bond donors (Lipinski definition) is 1. The number of amides is 1. The average molecular weight is 394 g/mol. The number of carbonyl (C=O) groups excluding carboxylic acids is 1. The van der Waals surface area contributed by atoms with Crippen molar-refractivity contribution in [2.45, 2.75) is 18.4 Å². The third kappa shape index (κ3) is 2.79. The van der Waals surface area contributed by atoms with Gasteiger partial charge in [-0.15, -0.1) is 0 Å². The molecule has 1 atom stereocenters. The van der Waals surface area contributed by atoms with Gasteiger partial charge in [-0.25, -0.2) is 9.97 Å². The molecule has 5 heterocycles. The number of fused-ring (bicyclic) bond motifs is 3. The molecule has 1 N–H and O–H groups in total. The number of pyridine rings is 2. The molecule has 1 unspecified atom stereocenters. The van der Waals surface area contributed by atoms with Crippen molar-refractivity contribution in [2.24, 2.45) is 7.05 Å². The lowest BCUT2D eigenvalue weighted by Gasteiger charge is -2.34. The van der Waals surface area contributed by atoms with Crippen molar-refractivity contribution < 1.29 is 19.0 Å². The van der Waals surface area contributed by atoms with E-state index in [9.17, 15) is 4.79 Å². The van der Waals surface area contributed by atoms with Gasteiger partial charge < -0.3 is 24.1 Å². The molecule has 0 aliphatic carbocycles. The van der Waals surface area contributed by atoms with Crippen LogP contribution < -0.4 is 10.1 Å². The van der Waals surface area contributed by atoms with Gasteiger partial charge in [-0.3, -0.25) is 4.79 Å². The molecule has 3 aromatic rings. The maximum Gasteiger partial charge on any atom is 0.212 e. The fraction of sp³-hybridized carbons (Fsp3) is 0.381. The highest BCUT2D eigenvalue weighted by Gasteiger charge is 2.44. The van der Waals surface area contributed by atoms with Crippen molar-refractivity contribution in [3.8, 4) is 17.0 Å². The van der Waals surface area contributed by atoms with E-state index >= 15 is 0 Å². The van der Waals surface area contributed by atoms with Crippen LogP contribution in [0.15, 0.2) is 24.5 Å². The lowest BCUT2D eigenvalue weighted by atomic mass is 9.89. The summed E-state index contributed by atoms with van der Waals surface area (Å²) in [6.07, 6.45) is 5.94. The normalized spacial score (nSPS) is 20.8. The van der Waals surface area contributed by atoms with E-state index in [0.717, 1.165) is 52.0 Å². The average Bonchev–Trinajstić information content (AvgIpc) is 3.33. The Kier molecular flexibility index (Phi) is 4.25. The van der Waals surface area contributed by atoms with Crippen molar-refractivity contribution in [3.63, 3.8) is 0 Å². The number of ether oxygens (including phenoxy) is 3. The third-order valence-corrected chi connectivity index (χ3v) is 5.81. The zero-order valence-corrected chi connectivity index (χ0v) is 16.4. The molecule has 1 spiro atoms. The van der Waals surface area contributed by atoms with Gasteiger partial charge in [0.2, 0.25) is 6.41 Å². The number of methoxy groups -OCH3 is 1. The highest BCUT2D eigenvalue weighted by atomic mass is 16.6. The second kappa shape index (κ2) is 6.82. The van der Waals surface area contributed by atoms with Crippen molar-refractivity contribution in [3.05, 3.63) is 35.8 Å². The Balaban J connectivity index is 1.73. The number of nitrogens with one attached hydrogen (secondary N) is 1. The summed E-state index contributed by atoms with van der Waals surface area (Å²) < 4.78 is 19.6. The predicted octanol–water partition coefficient (Wildman–Crippen LogP) is 2.40. The number of aromatic nitrogens is 3. The molecule has 29 heavy (non-hydrogen) atoms. The van der Waals surface area contributed by atoms with Crippen molar-refractivity contribution in [2.75, 3.05) is 32.2 Å². The van der Waals surface area contributed by atoms with Crippen LogP contribution in [0.1, 0.15) is 17.7 Å². The minimum Gasteiger partial charge on any atom is -0.496 e. The molecule has 8 heteroatoms. The van der Waals surface area contributed by atoms with E-state index in [0.29, 0.717) is 32.0 Å².